The third kappa shape index (κ3) is 3.39. The Labute approximate surface area is 91.9 Å². The van der Waals surface area contributed by atoms with E-state index in [-0.39, 0.29) is 5.91 Å². The fourth-order valence-corrected chi connectivity index (χ4v) is 1.51. The predicted molar refractivity (Wildman–Crippen MR) is 62.6 cm³/mol. The minimum absolute atomic E-state index is 0.220. The molecule has 0 unspecified atom stereocenters. The Kier molecular flexibility index (Phi) is 4.35. The van der Waals surface area contributed by atoms with Gasteiger partial charge in [0.15, 0.2) is 0 Å². The Hall–Kier alpha value is -1.31. The number of rotatable bonds is 4. The molecule has 0 aliphatic heterocycles. The van der Waals surface area contributed by atoms with Gasteiger partial charge in [-0.25, -0.2) is 0 Å². The molecule has 0 fully saturated rings. The van der Waals surface area contributed by atoms with Crippen LogP contribution in [-0.2, 0) is 11.3 Å². The van der Waals surface area contributed by atoms with Crippen LogP contribution in [-0.4, -0.2) is 17.4 Å². The summed E-state index contributed by atoms with van der Waals surface area (Å²) in [7, 11) is 0. The molecule has 0 aliphatic carbocycles. The molecule has 0 bridgehead atoms. The lowest BCUT2D eigenvalue weighted by Crippen LogP contribution is -2.29. The molecule has 0 aromatic heterocycles. The Bertz CT molecular complexity index is 316. The SMILES string of the molecule is CCC(=O)N(CC)Cc1ccc(C)cc1. The van der Waals surface area contributed by atoms with Crippen molar-refractivity contribution >= 4 is 5.91 Å². The maximum Gasteiger partial charge on any atom is 0.222 e. The molecule has 82 valence electrons. The van der Waals surface area contributed by atoms with Gasteiger partial charge in [0.25, 0.3) is 0 Å². The van der Waals surface area contributed by atoms with Crippen LogP contribution in [0, 0.1) is 6.92 Å². The van der Waals surface area contributed by atoms with E-state index in [1.54, 1.807) is 0 Å². The minimum Gasteiger partial charge on any atom is -0.339 e. The van der Waals surface area contributed by atoms with E-state index in [2.05, 4.69) is 31.2 Å². The molecule has 2 nitrogen and oxygen atoms in total. The summed E-state index contributed by atoms with van der Waals surface area (Å²) in [6, 6.07) is 8.33. The minimum atomic E-state index is 0.220. The predicted octanol–water partition coefficient (Wildman–Crippen LogP) is 2.75. The first-order valence-electron chi connectivity index (χ1n) is 5.50. The lowest BCUT2D eigenvalue weighted by molar-refractivity contribution is -0.131. The van der Waals surface area contributed by atoms with Gasteiger partial charge < -0.3 is 4.90 Å². The quantitative estimate of drug-likeness (QED) is 0.740. The number of aryl methyl sites for hydroxylation is 1. The highest BCUT2D eigenvalue weighted by molar-refractivity contribution is 5.75. The van der Waals surface area contributed by atoms with Crippen LogP contribution < -0.4 is 0 Å². The highest BCUT2D eigenvalue weighted by Crippen LogP contribution is 2.07. The topological polar surface area (TPSA) is 20.3 Å². The number of hydrogen-bond donors (Lipinski definition) is 0. The Morgan fingerprint density at radius 1 is 1.20 bits per heavy atom. The fraction of sp³-hybridized carbons (Fsp3) is 0.462. The summed E-state index contributed by atoms with van der Waals surface area (Å²) in [6.45, 7) is 7.49. The van der Waals surface area contributed by atoms with Crippen molar-refractivity contribution in [3.8, 4) is 0 Å². The number of benzene rings is 1. The molecule has 0 radical (unpaired) electrons. The summed E-state index contributed by atoms with van der Waals surface area (Å²) < 4.78 is 0. The second-order valence-electron chi connectivity index (χ2n) is 3.75. The van der Waals surface area contributed by atoms with Crippen molar-refractivity contribution < 1.29 is 4.79 Å². The van der Waals surface area contributed by atoms with Crippen molar-refractivity contribution in [1.82, 2.24) is 4.90 Å². The average molecular weight is 205 g/mol. The molecule has 0 aliphatic rings. The van der Waals surface area contributed by atoms with Gasteiger partial charge in [-0.2, -0.15) is 0 Å². The Morgan fingerprint density at radius 2 is 1.80 bits per heavy atom. The van der Waals surface area contributed by atoms with E-state index in [0.717, 1.165) is 13.1 Å². The molecule has 1 aromatic carbocycles. The molecule has 0 saturated carbocycles. The molecule has 15 heavy (non-hydrogen) atoms. The van der Waals surface area contributed by atoms with E-state index in [9.17, 15) is 4.79 Å². The van der Waals surface area contributed by atoms with Crippen molar-refractivity contribution in [3.63, 3.8) is 0 Å². The largest absolute Gasteiger partial charge is 0.339 e. The van der Waals surface area contributed by atoms with Crippen LogP contribution in [0.25, 0.3) is 0 Å². The van der Waals surface area contributed by atoms with Gasteiger partial charge in [-0.05, 0) is 19.4 Å². The van der Waals surface area contributed by atoms with Crippen LogP contribution in [0.4, 0.5) is 0 Å². The highest BCUT2D eigenvalue weighted by atomic mass is 16.2. The van der Waals surface area contributed by atoms with Crippen molar-refractivity contribution in [2.45, 2.75) is 33.7 Å². The second-order valence-corrected chi connectivity index (χ2v) is 3.75. The highest BCUT2D eigenvalue weighted by Gasteiger charge is 2.08. The number of carbonyl (C=O) groups excluding carboxylic acids is 1. The van der Waals surface area contributed by atoms with Gasteiger partial charge in [-0.1, -0.05) is 36.8 Å². The van der Waals surface area contributed by atoms with Crippen LogP contribution in [0.3, 0.4) is 0 Å². The van der Waals surface area contributed by atoms with Gasteiger partial charge in [0.05, 0.1) is 0 Å². The van der Waals surface area contributed by atoms with Gasteiger partial charge >= 0.3 is 0 Å². The number of nitrogens with zero attached hydrogens (tertiary/aromatic N) is 1. The van der Waals surface area contributed by atoms with Crippen molar-refractivity contribution in [1.29, 1.82) is 0 Å². The van der Waals surface area contributed by atoms with Crippen LogP contribution in [0.1, 0.15) is 31.4 Å². The zero-order valence-electron chi connectivity index (χ0n) is 9.79. The third-order valence-corrected chi connectivity index (χ3v) is 2.53. The average Bonchev–Trinajstić information content (AvgIpc) is 2.27. The summed E-state index contributed by atoms with van der Waals surface area (Å²) in [4.78, 5) is 13.4. The first kappa shape index (κ1) is 11.8. The summed E-state index contributed by atoms with van der Waals surface area (Å²) in [6.07, 6.45) is 0.583. The smallest absolute Gasteiger partial charge is 0.222 e. The van der Waals surface area contributed by atoms with Crippen LogP contribution in [0.2, 0.25) is 0 Å². The molecule has 0 spiro atoms. The van der Waals surface area contributed by atoms with E-state index in [4.69, 9.17) is 0 Å². The first-order valence-corrected chi connectivity index (χ1v) is 5.50. The van der Waals surface area contributed by atoms with Crippen LogP contribution in [0.15, 0.2) is 24.3 Å². The molecule has 0 saturated heterocycles. The van der Waals surface area contributed by atoms with Crippen molar-refractivity contribution in [3.05, 3.63) is 35.4 Å². The zero-order chi connectivity index (χ0) is 11.3. The standard InChI is InChI=1S/C13H19NO/c1-4-13(15)14(5-2)10-12-8-6-11(3)7-9-12/h6-9H,4-5,10H2,1-3H3. The summed E-state index contributed by atoms with van der Waals surface area (Å²) in [5.74, 6) is 0.220. The molecular weight excluding hydrogens is 186 g/mol. The van der Waals surface area contributed by atoms with E-state index < -0.39 is 0 Å². The van der Waals surface area contributed by atoms with E-state index >= 15 is 0 Å². The number of carbonyl (C=O) groups is 1. The molecule has 2 heteroatoms. The molecule has 0 N–H and O–H groups in total. The van der Waals surface area contributed by atoms with Gasteiger partial charge in [0.2, 0.25) is 5.91 Å². The van der Waals surface area contributed by atoms with E-state index in [1.165, 1.54) is 11.1 Å². The summed E-state index contributed by atoms with van der Waals surface area (Å²) >= 11 is 0. The first-order chi connectivity index (χ1) is 7.17. The molecule has 0 atom stereocenters. The second kappa shape index (κ2) is 5.54. The third-order valence-electron chi connectivity index (χ3n) is 2.53. The lowest BCUT2D eigenvalue weighted by atomic mass is 10.1. The lowest BCUT2D eigenvalue weighted by Gasteiger charge is -2.20. The summed E-state index contributed by atoms with van der Waals surface area (Å²) in [5.41, 5.74) is 2.45. The Morgan fingerprint density at radius 3 is 2.27 bits per heavy atom. The van der Waals surface area contributed by atoms with E-state index in [1.807, 2.05) is 18.7 Å². The zero-order valence-corrected chi connectivity index (χ0v) is 9.79. The summed E-state index contributed by atoms with van der Waals surface area (Å²) in [5, 5.41) is 0. The fourth-order valence-electron chi connectivity index (χ4n) is 1.51. The van der Waals surface area contributed by atoms with Gasteiger partial charge in [-0.3, -0.25) is 4.79 Å². The van der Waals surface area contributed by atoms with Crippen LogP contribution >= 0.6 is 0 Å². The van der Waals surface area contributed by atoms with Gasteiger partial charge in [0, 0.05) is 19.5 Å². The maximum atomic E-state index is 11.5. The number of hydrogen-bond acceptors (Lipinski definition) is 1. The van der Waals surface area contributed by atoms with Gasteiger partial charge in [-0.15, -0.1) is 0 Å². The monoisotopic (exact) mass is 205 g/mol. The normalized spacial score (nSPS) is 10.1. The van der Waals surface area contributed by atoms with Crippen LogP contribution in [0.5, 0.6) is 0 Å². The molecule has 1 amide bonds. The molecule has 0 heterocycles. The Balaban J connectivity index is 2.66. The molecule has 1 aromatic rings. The molecule has 1 rings (SSSR count). The maximum absolute atomic E-state index is 11.5. The van der Waals surface area contributed by atoms with Crippen molar-refractivity contribution in [2.75, 3.05) is 6.54 Å². The number of amides is 1. The molecular formula is C13H19NO. The van der Waals surface area contributed by atoms with Crippen molar-refractivity contribution in [2.24, 2.45) is 0 Å². The van der Waals surface area contributed by atoms with Gasteiger partial charge in [0.1, 0.15) is 0 Å². The van der Waals surface area contributed by atoms with E-state index in [0.29, 0.717) is 6.42 Å².